The van der Waals surface area contributed by atoms with Gasteiger partial charge in [0.05, 0.1) is 39.6 Å². The van der Waals surface area contributed by atoms with Crippen LogP contribution in [0.25, 0.3) is 0 Å². The minimum absolute atomic E-state index is 0.0411. The Hall–Kier alpha value is -0.430. The molecule has 0 aliphatic heterocycles. The minimum atomic E-state index is -0.0411. The lowest BCUT2D eigenvalue weighted by Crippen LogP contribution is -2.25. The highest BCUT2D eigenvalue weighted by Crippen LogP contribution is 2.09. The van der Waals surface area contributed by atoms with Gasteiger partial charge in [-0.15, -0.1) is 0 Å². The molecule has 0 aromatic rings. The summed E-state index contributed by atoms with van der Waals surface area (Å²) in [5.74, 6) is 6.19. The molecular formula is C24H52N2O4S2. The zero-order chi connectivity index (χ0) is 25.3. The van der Waals surface area contributed by atoms with E-state index in [1.807, 2.05) is 48.6 Å². The molecule has 0 atom stereocenters. The van der Waals surface area contributed by atoms with Crippen molar-refractivity contribution >= 4 is 27.5 Å². The maximum Gasteiger partial charge on any atom is 0.223 e. The molecule has 8 heteroatoms. The van der Waals surface area contributed by atoms with E-state index >= 15 is 0 Å². The summed E-state index contributed by atoms with van der Waals surface area (Å²) >= 11 is 0. The number of carbonyl (C=O) groups is 1. The van der Waals surface area contributed by atoms with E-state index in [9.17, 15) is 4.79 Å². The number of unbranched alkanes of at least 4 members (excludes halogenated alkanes) is 1. The van der Waals surface area contributed by atoms with Gasteiger partial charge in [0.15, 0.2) is 0 Å². The van der Waals surface area contributed by atoms with Crippen LogP contribution in [0.2, 0.25) is 0 Å². The third-order valence-corrected chi connectivity index (χ3v) is 4.45. The number of carbonyl (C=O) groups excluding carboxylic acids is 1. The predicted octanol–water partition coefficient (Wildman–Crippen LogP) is 4.88. The first-order valence-electron chi connectivity index (χ1n) is 11.8. The van der Waals surface area contributed by atoms with Gasteiger partial charge in [-0.05, 0) is 38.9 Å². The Balaban J connectivity index is -0.000000427. The minimum Gasteiger partial charge on any atom is -0.379 e. The van der Waals surface area contributed by atoms with Crippen LogP contribution in [0, 0.1) is 17.8 Å². The van der Waals surface area contributed by atoms with Gasteiger partial charge in [0.1, 0.15) is 0 Å². The van der Waals surface area contributed by atoms with E-state index in [0.717, 1.165) is 26.0 Å². The fourth-order valence-electron chi connectivity index (χ4n) is 1.70. The van der Waals surface area contributed by atoms with E-state index in [4.69, 9.17) is 14.2 Å². The summed E-state index contributed by atoms with van der Waals surface area (Å²) in [7, 11) is 5.50. The van der Waals surface area contributed by atoms with Crippen LogP contribution in [-0.4, -0.2) is 78.2 Å². The zero-order valence-electron chi connectivity index (χ0n) is 22.3. The van der Waals surface area contributed by atoms with Crippen molar-refractivity contribution in [3.63, 3.8) is 0 Å². The van der Waals surface area contributed by atoms with E-state index in [-0.39, 0.29) is 5.91 Å². The fourth-order valence-corrected chi connectivity index (χ4v) is 1.70. The highest BCUT2D eigenvalue weighted by atomic mass is 33.1. The van der Waals surface area contributed by atoms with Crippen molar-refractivity contribution < 1.29 is 19.0 Å². The molecule has 0 unspecified atom stereocenters. The Morgan fingerprint density at radius 3 is 1.81 bits per heavy atom. The van der Waals surface area contributed by atoms with Crippen molar-refractivity contribution in [1.29, 1.82) is 0 Å². The van der Waals surface area contributed by atoms with E-state index in [1.165, 1.54) is 0 Å². The molecule has 0 spiro atoms. The second-order valence-electron chi connectivity index (χ2n) is 5.98. The van der Waals surface area contributed by atoms with Crippen molar-refractivity contribution in [1.82, 2.24) is 10.6 Å². The molecule has 0 radical (unpaired) electrons. The Morgan fingerprint density at radius 1 is 0.844 bits per heavy atom. The molecule has 1 amide bonds. The van der Waals surface area contributed by atoms with Gasteiger partial charge in [-0.3, -0.25) is 4.79 Å². The highest BCUT2D eigenvalue weighted by molar-refractivity contribution is 8.76. The zero-order valence-corrected chi connectivity index (χ0v) is 23.9. The van der Waals surface area contributed by atoms with Gasteiger partial charge in [0.2, 0.25) is 5.91 Å². The van der Waals surface area contributed by atoms with Crippen molar-refractivity contribution in [3.8, 4) is 11.8 Å². The summed E-state index contributed by atoms with van der Waals surface area (Å²) in [6.45, 7) is 16.8. The van der Waals surface area contributed by atoms with Crippen LogP contribution in [-0.2, 0) is 19.0 Å². The normalized spacial score (nSPS) is 9.19. The van der Waals surface area contributed by atoms with E-state index in [1.54, 1.807) is 21.6 Å². The van der Waals surface area contributed by atoms with E-state index < -0.39 is 0 Å². The maximum absolute atomic E-state index is 11.5. The summed E-state index contributed by atoms with van der Waals surface area (Å²) in [4.78, 5) is 11.5. The molecule has 0 heterocycles. The number of ether oxygens (including phenoxy) is 3. The Kier molecular flexibility index (Phi) is 49.6. The van der Waals surface area contributed by atoms with Gasteiger partial charge in [-0.2, -0.15) is 0 Å². The lowest BCUT2D eigenvalue weighted by atomic mass is 10.2. The SMILES string of the molecule is CC.CC.CNCCCCOCCOCCOCCC(=O)NCC#CC(C)C.CSSC. The molecule has 194 valence electrons. The second kappa shape index (κ2) is 40.9. The number of nitrogens with one attached hydrogen (secondary N) is 2. The Labute approximate surface area is 207 Å². The highest BCUT2D eigenvalue weighted by Gasteiger charge is 1.99. The smallest absolute Gasteiger partial charge is 0.223 e. The molecule has 32 heavy (non-hydrogen) atoms. The van der Waals surface area contributed by atoms with Crippen molar-refractivity contribution in [2.24, 2.45) is 5.92 Å². The maximum atomic E-state index is 11.5. The third kappa shape index (κ3) is 47.4. The summed E-state index contributed by atoms with van der Waals surface area (Å²) in [5, 5.41) is 5.84. The molecule has 0 rings (SSSR count). The van der Waals surface area contributed by atoms with Crippen molar-refractivity contribution in [2.75, 3.05) is 72.3 Å². The number of hydrogen-bond acceptors (Lipinski definition) is 7. The van der Waals surface area contributed by atoms with Crippen LogP contribution in [0.1, 0.15) is 60.8 Å². The van der Waals surface area contributed by atoms with Crippen LogP contribution in [0.4, 0.5) is 0 Å². The van der Waals surface area contributed by atoms with Gasteiger partial charge in [-0.1, -0.05) is 75.0 Å². The van der Waals surface area contributed by atoms with Crippen LogP contribution >= 0.6 is 21.6 Å². The molecule has 0 aliphatic carbocycles. The van der Waals surface area contributed by atoms with Crippen LogP contribution in [0.15, 0.2) is 0 Å². The van der Waals surface area contributed by atoms with Crippen molar-refractivity contribution in [3.05, 3.63) is 0 Å². The second-order valence-corrected chi connectivity index (χ2v) is 8.65. The van der Waals surface area contributed by atoms with Gasteiger partial charge in [-0.25, -0.2) is 0 Å². The Bertz CT molecular complexity index is 388. The summed E-state index contributed by atoms with van der Waals surface area (Å²) in [5.41, 5.74) is 0. The lowest BCUT2D eigenvalue weighted by molar-refractivity contribution is -0.122. The summed E-state index contributed by atoms with van der Waals surface area (Å²) in [6.07, 6.45) is 6.66. The molecule has 0 aromatic heterocycles. The molecule has 0 saturated heterocycles. The van der Waals surface area contributed by atoms with Crippen LogP contribution < -0.4 is 10.6 Å². The molecular weight excluding hydrogens is 444 g/mol. The fraction of sp³-hybridized carbons (Fsp3) is 0.875. The first-order valence-corrected chi connectivity index (χ1v) is 14.7. The van der Waals surface area contributed by atoms with Gasteiger partial charge >= 0.3 is 0 Å². The van der Waals surface area contributed by atoms with Crippen LogP contribution in [0.3, 0.4) is 0 Å². The van der Waals surface area contributed by atoms with Crippen molar-refractivity contribution in [2.45, 2.75) is 60.8 Å². The number of hydrogen-bond donors (Lipinski definition) is 2. The van der Waals surface area contributed by atoms with Gasteiger partial charge in [0.25, 0.3) is 0 Å². The van der Waals surface area contributed by atoms with Crippen LogP contribution in [0.5, 0.6) is 0 Å². The summed E-state index contributed by atoms with van der Waals surface area (Å²) in [6, 6.07) is 0. The monoisotopic (exact) mass is 496 g/mol. The lowest BCUT2D eigenvalue weighted by Gasteiger charge is -2.07. The number of rotatable bonds is 16. The topological polar surface area (TPSA) is 68.8 Å². The Morgan fingerprint density at radius 2 is 1.34 bits per heavy atom. The molecule has 0 bridgehead atoms. The largest absolute Gasteiger partial charge is 0.379 e. The van der Waals surface area contributed by atoms with Gasteiger partial charge in [0, 0.05) is 18.9 Å². The molecule has 0 saturated carbocycles. The van der Waals surface area contributed by atoms with E-state index in [0.29, 0.717) is 51.9 Å². The first-order chi connectivity index (χ1) is 15.6. The molecule has 0 aliphatic rings. The molecule has 6 nitrogen and oxygen atoms in total. The molecule has 0 fully saturated rings. The first kappa shape index (κ1) is 38.8. The summed E-state index contributed by atoms with van der Waals surface area (Å²) < 4.78 is 16.2. The standard InChI is InChI=1S/C18H34N2O4.C2H6S2.2C2H6/c1-17(2)7-6-10-20-18(21)8-12-23-14-16-24-15-13-22-11-5-4-9-19-3;1-3-4-2;2*1-2/h17,19H,4-5,8-16H2,1-3H3,(H,20,21);1-2H3;2*1-2H3. The van der Waals surface area contributed by atoms with Gasteiger partial charge < -0.3 is 24.8 Å². The number of amides is 1. The molecule has 2 N–H and O–H groups in total. The average Bonchev–Trinajstić information content (AvgIpc) is 2.82. The van der Waals surface area contributed by atoms with E-state index in [2.05, 4.69) is 35.0 Å². The third-order valence-electron chi connectivity index (χ3n) is 3.11. The quantitative estimate of drug-likeness (QED) is 0.179. The average molecular weight is 497 g/mol. The predicted molar refractivity (Wildman–Crippen MR) is 146 cm³/mol. The molecule has 0 aromatic carbocycles.